The molecule has 0 fully saturated rings. The molecule has 1 heterocycles. The van der Waals surface area contributed by atoms with Gasteiger partial charge in [-0.05, 0) is 47.1 Å². The number of ether oxygens (including phenoxy) is 1. The quantitative estimate of drug-likeness (QED) is 0.591. The van der Waals surface area contributed by atoms with E-state index in [0.717, 1.165) is 0 Å². The van der Waals surface area contributed by atoms with E-state index in [-0.39, 0.29) is 12.4 Å². The van der Waals surface area contributed by atoms with Crippen LogP contribution in [0.25, 0.3) is 0 Å². The van der Waals surface area contributed by atoms with Crippen LogP contribution in [0.15, 0.2) is 50.6 Å². The zero-order valence-electron chi connectivity index (χ0n) is 12.2. The molecule has 23 heavy (non-hydrogen) atoms. The number of amides is 2. The lowest BCUT2D eigenvalue weighted by molar-refractivity contribution is -0.119. The summed E-state index contributed by atoms with van der Waals surface area (Å²) in [7, 11) is 0. The molecule has 2 rings (SSSR count). The molecular formula is C15H14BrN3O4. The fourth-order valence-electron chi connectivity index (χ4n) is 1.73. The zero-order valence-corrected chi connectivity index (χ0v) is 13.8. The van der Waals surface area contributed by atoms with Gasteiger partial charge in [0.2, 0.25) is 0 Å². The fraction of sp³-hybridized carbons (Fsp3) is 0.133. The van der Waals surface area contributed by atoms with E-state index in [2.05, 4.69) is 26.5 Å². The monoisotopic (exact) mass is 379 g/mol. The van der Waals surface area contributed by atoms with Gasteiger partial charge in [0.05, 0.1) is 5.71 Å². The van der Waals surface area contributed by atoms with Crippen LogP contribution in [0.1, 0.15) is 23.0 Å². The Bertz CT molecular complexity index is 755. The van der Waals surface area contributed by atoms with Gasteiger partial charge in [-0.25, -0.2) is 5.43 Å². The predicted molar refractivity (Wildman–Crippen MR) is 87.2 cm³/mol. The molecule has 0 radical (unpaired) electrons. The molecular weight excluding hydrogens is 366 g/mol. The Labute approximate surface area is 140 Å². The van der Waals surface area contributed by atoms with Crippen molar-refractivity contribution in [1.29, 1.82) is 0 Å². The van der Waals surface area contributed by atoms with Gasteiger partial charge in [-0.15, -0.1) is 0 Å². The van der Waals surface area contributed by atoms with Gasteiger partial charge < -0.3 is 14.9 Å². The maximum atomic E-state index is 11.9. The number of benzene rings is 1. The minimum atomic E-state index is -0.578. The number of nitrogens with zero attached hydrogens (tertiary/aromatic N) is 1. The molecule has 1 aromatic heterocycles. The van der Waals surface area contributed by atoms with Crippen LogP contribution in [-0.4, -0.2) is 24.1 Å². The van der Waals surface area contributed by atoms with Crippen molar-refractivity contribution in [2.75, 3.05) is 6.61 Å². The minimum absolute atomic E-state index is 0.131. The van der Waals surface area contributed by atoms with Crippen molar-refractivity contribution in [3.63, 3.8) is 0 Å². The van der Waals surface area contributed by atoms with Crippen LogP contribution >= 0.6 is 15.9 Å². The van der Waals surface area contributed by atoms with Crippen molar-refractivity contribution >= 4 is 33.5 Å². The molecule has 0 bridgehead atoms. The average molecular weight is 380 g/mol. The number of hydrogen-bond donors (Lipinski definition) is 2. The third-order valence-electron chi connectivity index (χ3n) is 2.77. The SMILES string of the molecule is CC(=NNC(=O)c1ccc(Br)o1)c1ccccc1OCC(N)=O. The lowest BCUT2D eigenvalue weighted by Crippen LogP contribution is -2.21. The molecule has 7 nitrogen and oxygen atoms in total. The number of hydrazone groups is 1. The third kappa shape index (κ3) is 4.68. The highest BCUT2D eigenvalue weighted by Gasteiger charge is 2.11. The Morgan fingerprint density at radius 2 is 2.04 bits per heavy atom. The molecule has 2 amide bonds. The van der Waals surface area contributed by atoms with E-state index in [1.165, 1.54) is 6.07 Å². The number of carbonyl (C=O) groups is 2. The number of nitrogens with one attached hydrogen (secondary N) is 1. The first-order valence-electron chi connectivity index (χ1n) is 6.58. The number of hydrogen-bond acceptors (Lipinski definition) is 5. The highest BCUT2D eigenvalue weighted by molar-refractivity contribution is 9.10. The smallest absolute Gasteiger partial charge is 0.307 e. The molecule has 0 atom stereocenters. The molecule has 0 aliphatic heterocycles. The van der Waals surface area contributed by atoms with Gasteiger partial charge in [-0.3, -0.25) is 9.59 Å². The third-order valence-corrected chi connectivity index (χ3v) is 3.20. The molecule has 2 aromatic rings. The van der Waals surface area contributed by atoms with Crippen LogP contribution in [0.5, 0.6) is 5.75 Å². The molecule has 0 spiro atoms. The molecule has 3 N–H and O–H groups in total. The standard InChI is InChI=1S/C15H14BrN3O4/c1-9(18-19-15(21)12-6-7-13(16)23-12)10-4-2-3-5-11(10)22-8-14(17)20/h2-7H,8H2,1H3,(H2,17,20)(H,19,21). The average Bonchev–Trinajstić information content (AvgIpc) is 2.97. The summed E-state index contributed by atoms with van der Waals surface area (Å²) in [5, 5.41) is 4.01. The molecule has 8 heteroatoms. The predicted octanol–water partition coefficient (Wildman–Crippen LogP) is 2.06. The Hall–Kier alpha value is -2.61. The normalized spacial score (nSPS) is 11.1. The highest BCUT2D eigenvalue weighted by Crippen LogP contribution is 2.19. The Morgan fingerprint density at radius 3 is 2.70 bits per heavy atom. The number of rotatable bonds is 6. The van der Waals surface area contributed by atoms with Gasteiger partial charge in [0.25, 0.3) is 5.91 Å². The second-order valence-electron chi connectivity index (χ2n) is 4.49. The van der Waals surface area contributed by atoms with E-state index in [1.807, 2.05) is 0 Å². The van der Waals surface area contributed by atoms with Crippen molar-refractivity contribution in [3.8, 4) is 5.75 Å². The first-order valence-corrected chi connectivity index (χ1v) is 7.37. The summed E-state index contributed by atoms with van der Waals surface area (Å²) in [6, 6.07) is 10.1. The second-order valence-corrected chi connectivity index (χ2v) is 5.27. The van der Waals surface area contributed by atoms with E-state index in [4.69, 9.17) is 14.9 Å². The van der Waals surface area contributed by atoms with Crippen molar-refractivity contribution in [1.82, 2.24) is 5.43 Å². The molecule has 120 valence electrons. The summed E-state index contributed by atoms with van der Waals surface area (Å²) in [5.74, 6) is -0.481. The van der Waals surface area contributed by atoms with E-state index >= 15 is 0 Å². The second kappa shape index (κ2) is 7.59. The van der Waals surface area contributed by atoms with E-state index in [0.29, 0.717) is 21.7 Å². The summed E-state index contributed by atoms with van der Waals surface area (Å²) in [5.41, 5.74) is 8.59. The number of furan rings is 1. The highest BCUT2D eigenvalue weighted by atomic mass is 79.9. The Kier molecular flexibility index (Phi) is 5.53. The van der Waals surface area contributed by atoms with Gasteiger partial charge in [0, 0.05) is 5.56 Å². The van der Waals surface area contributed by atoms with Crippen LogP contribution in [-0.2, 0) is 4.79 Å². The molecule has 0 saturated carbocycles. The topological polar surface area (TPSA) is 107 Å². The van der Waals surface area contributed by atoms with Crippen LogP contribution in [0.2, 0.25) is 0 Å². The van der Waals surface area contributed by atoms with Crippen LogP contribution in [0.3, 0.4) is 0 Å². The first kappa shape index (κ1) is 16.8. The first-order chi connectivity index (χ1) is 11.0. The fourth-order valence-corrected chi connectivity index (χ4v) is 2.03. The zero-order chi connectivity index (χ0) is 16.8. The number of para-hydroxylation sites is 1. The largest absolute Gasteiger partial charge is 0.483 e. The maximum Gasteiger partial charge on any atom is 0.307 e. The van der Waals surface area contributed by atoms with E-state index in [1.54, 1.807) is 37.3 Å². The van der Waals surface area contributed by atoms with Crippen LogP contribution in [0, 0.1) is 0 Å². The summed E-state index contributed by atoms with van der Waals surface area (Å²) in [4.78, 5) is 22.7. The molecule has 0 saturated heterocycles. The summed E-state index contributed by atoms with van der Waals surface area (Å²) < 4.78 is 10.9. The van der Waals surface area contributed by atoms with Crippen LogP contribution < -0.4 is 15.9 Å². The number of carbonyl (C=O) groups excluding carboxylic acids is 2. The molecule has 0 aliphatic carbocycles. The molecule has 0 unspecified atom stereocenters. The van der Waals surface area contributed by atoms with Gasteiger partial charge in [0.1, 0.15) is 5.75 Å². The van der Waals surface area contributed by atoms with Crippen molar-refractivity contribution in [2.24, 2.45) is 10.8 Å². The number of primary amides is 1. The van der Waals surface area contributed by atoms with Crippen molar-refractivity contribution in [3.05, 3.63) is 52.4 Å². The lowest BCUT2D eigenvalue weighted by atomic mass is 10.1. The Balaban J connectivity index is 2.11. The van der Waals surface area contributed by atoms with Crippen molar-refractivity contribution in [2.45, 2.75) is 6.92 Å². The lowest BCUT2D eigenvalue weighted by Gasteiger charge is -2.09. The Morgan fingerprint density at radius 1 is 1.30 bits per heavy atom. The summed E-state index contributed by atoms with van der Waals surface area (Å²) in [6.07, 6.45) is 0. The van der Waals surface area contributed by atoms with Gasteiger partial charge in [-0.2, -0.15) is 5.10 Å². The van der Waals surface area contributed by atoms with Crippen LogP contribution in [0.4, 0.5) is 0 Å². The van der Waals surface area contributed by atoms with Gasteiger partial charge in [-0.1, -0.05) is 12.1 Å². The molecule has 1 aromatic carbocycles. The minimum Gasteiger partial charge on any atom is -0.483 e. The van der Waals surface area contributed by atoms with Gasteiger partial charge >= 0.3 is 5.91 Å². The van der Waals surface area contributed by atoms with E-state index < -0.39 is 11.8 Å². The summed E-state index contributed by atoms with van der Waals surface area (Å²) in [6.45, 7) is 1.46. The maximum absolute atomic E-state index is 11.9. The number of halogens is 1. The summed E-state index contributed by atoms with van der Waals surface area (Å²) >= 11 is 3.12. The molecule has 0 aliphatic rings. The van der Waals surface area contributed by atoms with Crippen molar-refractivity contribution < 1.29 is 18.7 Å². The van der Waals surface area contributed by atoms with Gasteiger partial charge in [0.15, 0.2) is 17.0 Å². The number of nitrogens with two attached hydrogens (primary N) is 1. The van der Waals surface area contributed by atoms with E-state index in [9.17, 15) is 9.59 Å².